The number of fused-ring (bicyclic) bond motifs is 4. The van der Waals surface area contributed by atoms with Crippen LogP contribution in [0.3, 0.4) is 0 Å². The number of hydrogen-bond donors (Lipinski definition) is 2. The van der Waals surface area contributed by atoms with Crippen LogP contribution < -0.4 is 11.1 Å². The maximum absolute atomic E-state index is 12.6. The molecule has 0 bridgehead atoms. The van der Waals surface area contributed by atoms with Crippen LogP contribution in [0.15, 0.2) is 24.8 Å². The topological polar surface area (TPSA) is 128 Å². The van der Waals surface area contributed by atoms with Crippen LogP contribution in [0.5, 0.6) is 0 Å². The van der Waals surface area contributed by atoms with Crippen molar-refractivity contribution in [3.8, 4) is 11.8 Å². The molecule has 0 unspecified atom stereocenters. The van der Waals surface area contributed by atoms with Gasteiger partial charge in [-0.2, -0.15) is 15.3 Å². The summed E-state index contributed by atoms with van der Waals surface area (Å²) < 4.78 is 7.02. The summed E-state index contributed by atoms with van der Waals surface area (Å²) in [5, 5.41) is 18.2. The second kappa shape index (κ2) is 9.91. The molecule has 2 amide bonds. The van der Waals surface area contributed by atoms with Crippen molar-refractivity contribution >= 4 is 40.1 Å². The first-order valence-electron chi connectivity index (χ1n) is 13.3. The SMILES string of the molecule is C=CC(=O)N1C[C@@H](n2nc(C#Cc3cc4nnc5c(c4cc3Cl)C3(CC5)CC3)c(C(N)=O)c2NC)C[C@@H]1COC. The lowest BCUT2D eigenvalue weighted by molar-refractivity contribution is -0.127. The minimum Gasteiger partial charge on any atom is -0.383 e. The Bertz CT molecular complexity index is 1630. The van der Waals surface area contributed by atoms with Crippen molar-refractivity contribution in [2.24, 2.45) is 5.73 Å². The standard InChI is InChI=1S/C29H30ClN7O3/c1-4-24(38)36-14-17(12-18(36)15-40-3)37-28(32-2)25(27(31)39)21(35-37)6-5-16-11-23-19(13-20(16)30)26-22(33-34-23)7-8-29(26)9-10-29/h4,11,13,17-18,32H,1,7-10,12,14-15H2,2-3H3,(H2,31,39)/t17-,18+/m0/s1. The summed E-state index contributed by atoms with van der Waals surface area (Å²) in [6.45, 7) is 4.36. The Morgan fingerprint density at radius 3 is 2.77 bits per heavy atom. The Kier molecular flexibility index (Phi) is 6.51. The van der Waals surface area contributed by atoms with Crippen molar-refractivity contribution in [3.63, 3.8) is 0 Å². The molecule has 3 N–H and O–H groups in total. The van der Waals surface area contributed by atoms with Gasteiger partial charge < -0.3 is 20.7 Å². The number of hydrogen-bond acceptors (Lipinski definition) is 7. The van der Waals surface area contributed by atoms with E-state index in [0.29, 0.717) is 36.0 Å². The van der Waals surface area contributed by atoms with E-state index in [4.69, 9.17) is 22.1 Å². The molecule has 3 heterocycles. The van der Waals surface area contributed by atoms with E-state index >= 15 is 0 Å². The fraction of sp³-hybridized carbons (Fsp3) is 0.414. The van der Waals surface area contributed by atoms with Gasteiger partial charge in [0.05, 0.1) is 34.9 Å². The lowest BCUT2D eigenvalue weighted by Gasteiger charge is -2.22. The molecule has 3 aromatic rings. The van der Waals surface area contributed by atoms with E-state index in [0.717, 1.165) is 29.4 Å². The normalized spacial score (nSPS) is 20.3. The highest BCUT2D eigenvalue weighted by Crippen LogP contribution is 2.58. The Morgan fingerprint density at radius 2 is 2.10 bits per heavy atom. The maximum Gasteiger partial charge on any atom is 0.255 e. The van der Waals surface area contributed by atoms with Gasteiger partial charge >= 0.3 is 0 Å². The molecule has 6 rings (SSSR count). The molecule has 2 aromatic heterocycles. The highest BCUT2D eigenvalue weighted by atomic mass is 35.5. The van der Waals surface area contributed by atoms with Crippen molar-refractivity contribution in [3.05, 3.63) is 57.9 Å². The van der Waals surface area contributed by atoms with Crippen molar-refractivity contribution in [1.82, 2.24) is 24.9 Å². The van der Waals surface area contributed by atoms with Gasteiger partial charge in [-0.05, 0) is 67.2 Å². The van der Waals surface area contributed by atoms with Gasteiger partial charge in [-0.25, -0.2) is 4.68 Å². The number of carbonyl (C=O) groups excluding carboxylic acids is 2. The predicted octanol–water partition coefficient (Wildman–Crippen LogP) is 2.97. The second-order valence-corrected chi connectivity index (χ2v) is 11.1. The molecule has 1 saturated carbocycles. The Labute approximate surface area is 236 Å². The molecule has 40 heavy (non-hydrogen) atoms. The molecule has 1 aliphatic heterocycles. The van der Waals surface area contributed by atoms with E-state index in [1.54, 1.807) is 23.7 Å². The number of halogens is 1. The first-order chi connectivity index (χ1) is 19.3. The highest BCUT2D eigenvalue weighted by Gasteiger charge is 2.50. The average molecular weight is 560 g/mol. The summed E-state index contributed by atoms with van der Waals surface area (Å²) in [5.74, 6) is 5.69. The first-order valence-corrected chi connectivity index (χ1v) is 13.7. The van der Waals surface area contributed by atoms with Gasteiger partial charge in [0.2, 0.25) is 5.91 Å². The number of benzene rings is 1. The molecule has 2 atom stereocenters. The predicted molar refractivity (Wildman–Crippen MR) is 151 cm³/mol. The van der Waals surface area contributed by atoms with Crippen molar-refractivity contribution in [2.75, 3.05) is 32.6 Å². The Balaban J connectivity index is 1.38. The summed E-state index contributed by atoms with van der Waals surface area (Å²) in [6.07, 6.45) is 6.30. The zero-order valence-corrected chi connectivity index (χ0v) is 23.2. The van der Waals surface area contributed by atoms with Crippen molar-refractivity contribution in [2.45, 2.75) is 49.6 Å². The molecule has 1 aromatic carbocycles. The maximum atomic E-state index is 12.6. The zero-order chi connectivity index (χ0) is 28.2. The van der Waals surface area contributed by atoms with Gasteiger partial charge in [0, 0.05) is 31.7 Å². The van der Waals surface area contributed by atoms with Crippen molar-refractivity contribution < 1.29 is 14.3 Å². The lowest BCUT2D eigenvalue weighted by Crippen LogP contribution is -2.37. The molecule has 206 valence electrons. The number of carbonyl (C=O) groups is 2. The van der Waals surface area contributed by atoms with Crippen LogP contribution in [0, 0.1) is 11.8 Å². The molecule has 10 nitrogen and oxygen atoms in total. The third-order valence-electron chi connectivity index (χ3n) is 8.41. The van der Waals surface area contributed by atoms with Gasteiger partial charge in [-0.15, -0.1) is 0 Å². The zero-order valence-electron chi connectivity index (χ0n) is 22.5. The van der Waals surface area contributed by atoms with Crippen LogP contribution in [0.25, 0.3) is 10.9 Å². The van der Waals surface area contributed by atoms with Crippen LogP contribution in [-0.2, 0) is 21.4 Å². The fourth-order valence-corrected chi connectivity index (χ4v) is 6.56. The summed E-state index contributed by atoms with van der Waals surface area (Å²) >= 11 is 6.72. The number of nitrogens with one attached hydrogen (secondary N) is 1. The molecule has 11 heteroatoms. The van der Waals surface area contributed by atoms with E-state index in [9.17, 15) is 9.59 Å². The van der Waals surface area contributed by atoms with Crippen LogP contribution >= 0.6 is 11.6 Å². The number of rotatable bonds is 6. The third kappa shape index (κ3) is 4.21. The van der Waals surface area contributed by atoms with Gasteiger partial charge in [0.15, 0.2) is 5.69 Å². The molecular formula is C29H30ClN7O3. The molecular weight excluding hydrogens is 530 g/mol. The second-order valence-electron chi connectivity index (χ2n) is 10.7. The summed E-state index contributed by atoms with van der Waals surface area (Å²) in [4.78, 5) is 26.8. The number of primary amides is 1. The number of nitrogens with zero attached hydrogens (tertiary/aromatic N) is 5. The number of aromatic nitrogens is 4. The molecule has 1 saturated heterocycles. The van der Waals surface area contributed by atoms with Crippen LogP contribution in [0.2, 0.25) is 5.02 Å². The lowest BCUT2D eigenvalue weighted by atomic mass is 9.95. The van der Waals surface area contributed by atoms with Crippen LogP contribution in [0.4, 0.5) is 5.82 Å². The molecule has 3 aliphatic rings. The van der Waals surface area contributed by atoms with E-state index in [-0.39, 0.29) is 34.7 Å². The highest BCUT2D eigenvalue weighted by molar-refractivity contribution is 6.32. The van der Waals surface area contributed by atoms with E-state index in [1.165, 1.54) is 24.5 Å². The van der Waals surface area contributed by atoms with Gasteiger partial charge in [-0.1, -0.05) is 24.1 Å². The minimum absolute atomic E-state index is 0.158. The number of aryl methyl sites for hydroxylation is 1. The summed E-state index contributed by atoms with van der Waals surface area (Å²) in [7, 11) is 3.28. The summed E-state index contributed by atoms with van der Waals surface area (Å²) in [5.41, 5.74) is 10.1. The number of likely N-dealkylation sites (tertiary alicyclic amines) is 1. The van der Waals surface area contributed by atoms with Gasteiger partial charge in [0.1, 0.15) is 11.4 Å². The molecule has 0 radical (unpaired) electrons. The van der Waals surface area contributed by atoms with E-state index in [1.807, 2.05) is 12.1 Å². The number of nitrogens with two attached hydrogens (primary N) is 1. The quantitative estimate of drug-likeness (QED) is 0.351. The molecule has 1 spiro atoms. The number of amides is 2. The average Bonchev–Trinajstić information content (AvgIpc) is 3.27. The molecule has 2 aliphatic carbocycles. The molecule has 2 fully saturated rings. The van der Waals surface area contributed by atoms with E-state index < -0.39 is 5.91 Å². The van der Waals surface area contributed by atoms with Crippen molar-refractivity contribution in [1.29, 1.82) is 0 Å². The monoisotopic (exact) mass is 559 g/mol. The third-order valence-corrected chi connectivity index (χ3v) is 8.72. The number of ether oxygens (including phenoxy) is 1. The number of anilines is 1. The van der Waals surface area contributed by atoms with Crippen LogP contribution in [0.1, 0.15) is 64.6 Å². The van der Waals surface area contributed by atoms with Gasteiger partial charge in [0.25, 0.3) is 5.91 Å². The largest absolute Gasteiger partial charge is 0.383 e. The first kappa shape index (κ1) is 26.3. The van der Waals surface area contributed by atoms with Crippen LogP contribution in [-0.4, -0.2) is 70.0 Å². The Morgan fingerprint density at radius 1 is 1.30 bits per heavy atom. The fourth-order valence-electron chi connectivity index (χ4n) is 6.35. The summed E-state index contributed by atoms with van der Waals surface area (Å²) in [6, 6.07) is 3.40. The minimum atomic E-state index is -0.661. The van der Waals surface area contributed by atoms with E-state index in [2.05, 4.69) is 39.0 Å². The Hall–Kier alpha value is -3.94. The van der Waals surface area contributed by atoms with Gasteiger partial charge in [-0.3, -0.25) is 9.59 Å². The smallest absolute Gasteiger partial charge is 0.255 e. The number of methoxy groups -OCH3 is 1.